The Kier molecular flexibility index (Phi) is 4.82. The number of carbonyl (C=O) groups is 1. The van der Waals surface area contributed by atoms with Gasteiger partial charge in [0.05, 0.1) is 12.6 Å². The van der Waals surface area contributed by atoms with Gasteiger partial charge >= 0.3 is 0 Å². The number of rotatable bonds is 5. The second-order valence-corrected chi connectivity index (χ2v) is 3.73. The minimum atomic E-state index is -0.193. The van der Waals surface area contributed by atoms with Crippen LogP contribution in [-0.4, -0.2) is 33.1 Å². The van der Waals surface area contributed by atoms with Crippen molar-refractivity contribution in [2.24, 2.45) is 0 Å². The molecule has 5 heteroatoms. The Morgan fingerprint density at radius 2 is 2.24 bits per heavy atom. The largest absolute Gasteiger partial charge is 0.378 e. The molecule has 0 atom stereocenters. The molecule has 1 aromatic carbocycles. The highest BCUT2D eigenvalue weighted by atomic mass is 16.1. The van der Waals surface area contributed by atoms with Gasteiger partial charge in [0, 0.05) is 25.5 Å². The maximum atomic E-state index is 11.3. The van der Waals surface area contributed by atoms with Crippen LogP contribution in [-0.2, 0) is 4.79 Å². The molecular weight excluding hydrogens is 216 g/mol. The van der Waals surface area contributed by atoms with E-state index in [1.807, 2.05) is 49.3 Å². The number of nitrogens with zero attached hydrogens (tertiary/aromatic N) is 2. The van der Waals surface area contributed by atoms with Crippen molar-refractivity contribution in [3.63, 3.8) is 0 Å². The van der Waals surface area contributed by atoms with E-state index in [1.54, 1.807) is 0 Å². The summed E-state index contributed by atoms with van der Waals surface area (Å²) in [5.74, 6) is -0.193. The third-order valence-electron chi connectivity index (χ3n) is 2.18. The van der Waals surface area contributed by atoms with Gasteiger partial charge in [-0.25, -0.2) is 0 Å². The topological polar surface area (TPSA) is 68.2 Å². The smallest absolute Gasteiger partial charge is 0.240 e. The zero-order valence-corrected chi connectivity index (χ0v) is 10.0. The SMILES string of the molecule is CN(C)c1cccc(NCC(=O)NCC#N)c1. The number of benzene rings is 1. The highest BCUT2D eigenvalue weighted by molar-refractivity contribution is 5.81. The number of anilines is 2. The second-order valence-electron chi connectivity index (χ2n) is 3.73. The molecule has 0 heterocycles. The molecule has 0 aromatic heterocycles. The Morgan fingerprint density at radius 1 is 1.47 bits per heavy atom. The van der Waals surface area contributed by atoms with E-state index in [9.17, 15) is 4.79 Å². The van der Waals surface area contributed by atoms with Crippen LogP contribution in [0.5, 0.6) is 0 Å². The molecule has 0 spiro atoms. The van der Waals surface area contributed by atoms with Gasteiger partial charge in [0.25, 0.3) is 0 Å². The van der Waals surface area contributed by atoms with Crippen LogP contribution in [0.25, 0.3) is 0 Å². The number of carbonyl (C=O) groups excluding carboxylic acids is 1. The van der Waals surface area contributed by atoms with Crippen molar-refractivity contribution in [3.05, 3.63) is 24.3 Å². The number of nitrogens with one attached hydrogen (secondary N) is 2. The molecule has 1 amide bonds. The van der Waals surface area contributed by atoms with Crippen LogP contribution < -0.4 is 15.5 Å². The molecule has 0 aliphatic carbocycles. The predicted octanol–water partition coefficient (Wildman–Crippen LogP) is 0.804. The predicted molar refractivity (Wildman–Crippen MR) is 67.9 cm³/mol. The van der Waals surface area contributed by atoms with Crippen molar-refractivity contribution >= 4 is 17.3 Å². The molecule has 1 aromatic rings. The van der Waals surface area contributed by atoms with E-state index in [2.05, 4.69) is 10.6 Å². The van der Waals surface area contributed by atoms with Crippen LogP contribution in [0.4, 0.5) is 11.4 Å². The van der Waals surface area contributed by atoms with Gasteiger partial charge in [-0.05, 0) is 18.2 Å². The molecule has 0 saturated heterocycles. The summed E-state index contributed by atoms with van der Waals surface area (Å²) in [5.41, 5.74) is 1.94. The highest BCUT2D eigenvalue weighted by Gasteiger charge is 2.01. The lowest BCUT2D eigenvalue weighted by atomic mass is 10.2. The highest BCUT2D eigenvalue weighted by Crippen LogP contribution is 2.16. The van der Waals surface area contributed by atoms with Crippen LogP contribution in [0.3, 0.4) is 0 Å². The maximum Gasteiger partial charge on any atom is 0.240 e. The van der Waals surface area contributed by atoms with Crippen molar-refractivity contribution in [2.45, 2.75) is 0 Å². The monoisotopic (exact) mass is 232 g/mol. The van der Waals surface area contributed by atoms with Crippen molar-refractivity contribution in [2.75, 3.05) is 37.4 Å². The van der Waals surface area contributed by atoms with Gasteiger partial charge in [0.15, 0.2) is 0 Å². The lowest BCUT2D eigenvalue weighted by molar-refractivity contribution is -0.119. The van der Waals surface area contributed by atoms with E-state index in [-0.39, 0.29) is 19.0 Å². The Bertz CT molecular complexity index is 423. The van der Waals surface area contributed by atoms with Crippen LogP contribution in [0, 0.1) is 11.3 Å². The lowest BCUT2D eigenvalue weighted by Gasteiger charge is -2.14. The standard InChI is InChI=1S/C12H16N4O/c1-16(2)11-5-3-4-10(8-11)15-9-12(17)14-7-6-13/h3-5,8,15H,7,9H2,1-2H3,(H,14,17). The third-order valence-corrected chi connectivity index (χ3v) is 2.18. The van der Waals surface area contributed by atoms with E-state index < -0.39 is 0 Å². The minimum Gasteiger partial charge on any atom is -0.378 e. The fourth-order valence-corrected chi connectivity index (χ4v) is 1.28. The summed E-state index contributed by atoms with van der Waals surface area (Å²) in [7, 11) is 3.91. The quantitative estimate of drug-likeness (QED) is 0.737. The van der Waals surface area contributed by atoms with E-state index in [1.165, 1.54) is 0 Å². The zero-order chi connectivity index (χ0) is 12.7. The van der Waals surface area contributed by atoms with Gasteiger partial charge in [-0.15, -0.1) is 0 Å². The van der Waals surface area contributed by atoms with Gasteiger partial charge < -0.3 is 15.5 Å². The van der Waals surface area contributed by atoms with E-state index in [0.29, 0.717) is 0 Å². The summed E-state index contributed by atoms with van der Waals surface area (Å²) in [6.07, 6.45) is 0. The molecule has 0 radical (unpaired) electrons. The number of hydrogen-bond donors (Lipinski definition) is 2. The summed E-state index contributed by atoms with van der Waals surface area (Å²) in [6, 6.07) is 9.61. The molecule has 90 valence electrons. The minimum absolute atomic E-state index is 0.0399. The molecule has 17 heavy (non-hydrogen) atoms. The van der Waals surface area contributed by atoms with Gasteiger partial charge in [-0.2, -0.15) is 5.26 Å². The van der Waals surface area contributed by atoms with Crippen LogP contribution >= 0.6 is 0 Å². The summed E-state index contributed by atoms with van der Waals surface area (Å²) in [4.78, 5) is 13.2. The Hall–Kier alpha value is -2.22. The average molecular weight is 232 g/mol. The van der Waals surface area contributed by atoms with E-state index in [0.717, 1.165) is 11.4 Å². The molecule has 1 rings (SSSR count). The van der Waals surface area contributed by atoms with Crippen molar-refractivity contribution in [1.82, 2.24) is 5.32 Å². The number of amides is 1. The van der Waals surface area contributed by atoms with Gasteiger partial charge in [0.2, 0.25) is 5.91 Å². The van der Waals surface area contributed by atoms with Crippen molar-refractivity contribution < 1.29 is 4.79 Å². The first kappa shape index (κ1) is 12.8. The van der Waals surface area contributed by atoms with E-state index >= 15 is 0 Å². The second kappa shape index (κ2) is 6.38. The zero-order valence-electron chi connectivity index (χ0n) is 10.0. The molecule has 0 bridgehead atoms. The average Bonchev–Trinajstić information content (AvgIpc) is 2.34. The van der Waals surface area contributed by atoms with Crippen LogP contribution in [0.15, 0.2) is 24.3 Å². The summed E-state index contributed by atoms with van der Waals surface area (Å²) >= 11 is 0. The first-order valence-electron chi connectivity index (χ1n) is 5.28. The molecule has 0 unspecified atom stereocenters. The molecule has 0 aliphatic rings. The Morgan fingerprint density at radius 3 is 2.88 bits per heavy atom. The van der Waals surface area contributed by atoms with Gasteiger partial charge in [-0.1, -0.05) is 6.07 Å². The Labute approximate surface area is 101 Å². The van der Waals surface area contributed by atoms with Crippen molar-refractivity contribution in [1.29, 1.82) is 5.26 Å². The normalized spacial score (nSPS) is 9.24. The molecule has 0 saturated carbocycles. The third kappa shape index (κ3) is 4.43. The van der Waals surface area contributed by atoms with Gasteiger partial charge in [-0.3, -0.25) is 4.79 Å². The van der Waals surface area contributed by atoms with Crippen LogP contribution in [0.1, 0.15) is 0 Å². The molecular formula is C12H16N4O. The lowest BCUT2D eigenvalue weighted by Crippen LogP contribution is -2.30. The molecule has 0 fully saturated rings. The van der Waals surface area contributed by atoms with Gasteiger partial charge in [0.1, 0.15) is 6.54 Å². The van der Waals surface area contributed by atoms with E-state index in [4.69, 9.17) is 5.26 Å². The molecule has 0 aliphatic heterocycles. The number of hydrogen-bond acceptors (Lipinski definition) is 4. The summed E-state index contributed by atoms with van der Waals surface area (Å²) in [5, 5.41) is 13.8. The summed E-state index contributed by atoms with van der Waals surface area (Å²) in [6.45, 7) is 0.205. The summed E-state index contributed by atoms with van der Waals surface area (Å²) < 4.78 is 0. The first-order chi connectivity index (χ1) is 8.13. The molecule has 5 nitrogen and oxygen atoms in total. The first-order valence-corrected chi connectivity index (χ1v) is 5.28. The fourth-order valence-electron chi connectivity index (χ4n) is 1.28. The van der Waals surface area contributed by atoms with Crippen molar-refractivity contribution in [3.8, 4) is 6.07 Å². The fraction of sp³-hybridized carbons (Fsp3) is 0.333. The van der Waals surface area contributed by atoms with Crippen LogP contribution in [0.2, 0.25) is 0 Å². The Balaban J connectivity index is 2.49. The number of nitriles is 1. The maximum absolute atomic E-state index is 11.3. The molecule has 2 N–H and O–H groups in total.